The molecule has 0 radical (unpaired) electrons. The van der Waals surface area contributed by atoms with Crippen molar-refractivity contribution in [2.45, 2.75) is 41.5 Å². The van der Waals surface area contributed by atoms with Gasteiger partial charge in [-0.25, -0.2) is 9.59 Å². The van der Waals surface area contributed by atoms with E-state index in [0.29, 0.717) is 17.1 Å². The molecule has 0 saturated heterocycles. The lowest BCUT2D eigenvalue weighted by Gasteiger charge is -2.28. The Balaban J connectivity index is 2.18. The molecule has 0 atom stereocenters. The number of carbonyl (C=O) groups is 4. The van der Waals surface area contributed by atoms with Crippen LogP contribution in [-0.4, -0.2) is 56.7 Å². The molecule has 0 spiro atoms. The predicted molar refractivity (Wildman–Crippen MR) is 135 cm³/mol. The lowest BCUT2D eigenvalue weighted by molar-refractivity contribution is -0.153. The number of allylic oxidation sites excluding steroid dienone is 2. The van der Waals surface area contributed by atoms with E-state index in [4.69, 9.17) is 14.2 Å². The van der Waals surface area contributed by atoms with Gasteiger partial charge in [-0.15, -0.1) is 0 Å². The quantitative estimate of drug-likeness (QED) is 0.348. The number of esters is 3. The van der Waals surface area contributed by atoms with Gasteiger partial charge >= 0.3 is 17.9 Å². The highest BCUT2D eigenvalue weighted by Crippen LogP contribution is 2.32. The van der Waals surface area contributed by atoms with Gasteiger partial charge in [-0.3, -0.25) is 9.59 Å². The minimum absolute atomic E-state index is 0.0668. The van der Waals surface area contributed by atoms with Crippen LogP contribution in [0.5, 0.6) is 0 Å². The average molecular weight is 502 g/mol. The van der Waals surface area contributed by atoms with E-state index in [0.717, 1.165) is 18.8 Å². The molecule has 2 N–H and O–H groups in total. The van der Waals surface area contributed by atoms with E-state index in [1.807, 2.05) is 12.1 Å². The number of benzene rings is 1. The lowest BCUT2D eigenvalue weighted by Crippen LogP contribution is -2.39. The van der Waals surface area contributed by atoms with Gasteiger partial charge in [0.15, 0.2) is 6.61 Å². The van der Waals surface area contributed by atoms with Crippen LogP contribution >= 0.6 is 0 Å². The third-order valence-corrected chi connectivity index (χ3v) is 5.61. The lowest BCUT2D eigenvalue weighted by atomic mass is 9.85. The van der Waals surface area contributed by atoms with E-state index in [1.165, 1.54) is 0 Å². The number of anilines is 2. The molecule has 1 aromatic carbocycles. The largest absolute Gasteiger partial charge is 0.463 e. The smallest absolute Gasteiger partial charge is 0.337 e. The molecule has 0 fully saturated rings. The number of nitrogens with zero attached hydrogens (tertiary/aromatic N) is 1. The molecular weight excluding hydrogens is 466 g/mol. The van der Waals surface area contributed by atoms with Crippen molar-refractivity contribution in [1.82, 2.24) is 5.32 Å². The minimum Gasteiger partial charge on any atom is -0.463 e. The molecule has 0 bridgehead atoms. The summed E-state index contributed by atoms with van der Waals surface area (Å²) in [5.74, 6) is -4.43. The minimum atomic E-state index is -1.40. The van der Waals surface area contributed by atoms with Gasteiger partial charge in [0.25, 0.3) is 5.91 Å². The number of amides is 1. The zero-order chi connectivity index (χ0) is 26.8. The van der Waals surface area contributed by atoms with E-state index in [2.05, 4.69) is 29.4 Å². The molecule has 1 aromatic rings. The van der Waals surface area contributed by atoms with Crippen molar-refractivity contribution in [2.75, 3.05) is 43.1 Å². The molecule has 0 saturated carbocycles. The van der Waals surface area contributed by atoms with Crippen LogP contribution in [0.3, 0.4) is 0 Å². The summed E-state index contributed by atoms with van der Waals surface area (Å²) in [6.07, 6.45) is 0. The summed E-state index contributed by atoms with van der Waals surface area (Å²) in [5.41, 5.74) is 2.13. The average Bonchev–Trinajstić information content (AvgIpc) is 2.84. The standard InChI is InChI=1S/C26H35N3O7/c1-7-29(8-2)19-13-11-18(12-14-19)28-20(30)15-36-26(33)23-21(24(31)34-9-3)16(5)27-17(6)22(23)25(32)35-10-4/h11-14,23,27H,7-10,15H2,1-6H3,(H,28,30). The molecule has 196 valence electrons. The van der Waals surface area contributed by atoms with Gasteiger partial charge in [0.1, 0.15) is 5.92 Å². The highest BCUT2D eigenvalue weighted by atomic mass is 16.5. The molecule has 1 aliphatic heterocycles. The fourth-order valence-electron chi connectivity index (χ4n) is 3.95. The molecule has 2 rings (SSSR count). The van der Waals surface area contributed by atoms with E-state index < -0.39 is 36.3 Å². The van der Waals surface area contributed by atoms with Gasteiger partial charge in [-0.2, -0.15) is 0 Å². The van der Waals surface area contributed by atoms with Gasteiger partial charge in [-0.1, -0.05) is 0 Å². The normalized spacial score (nSPS) is 13.6. The maximum atomic E-state index is 13.2. The molecule has 0 unspecified atom stereocenters. The Morgan fingerprint density at radius 2 is 1.33 bits per heavy atom. The first-order valence-electron chi connectivity index (χ1n) is 12.0. The second-order valence-electron chi connectivity index (χ2n) is 7.95. The first kappa shape index (κ1) is 28.4. The van der Waals surface area contributed by atoms with Crippen LogP contribution in [0.15, 0.2) is 46.8 Å². The monoisotopic (exact) mass is 501 g/mol. The van der Waals surface area contributed by atoms with Crippen LogP contribution in [0.2, 0.25) is 0 Å². The van der Waals surface area contributed by atoms with Crippen LogP contribution < -0.4 is 15.5 Å². The van der Waals surface area contributed by atoms with E-state index in [9.17, 15) is 19.2 Å². The summed E-state index contributed by atoms with van der Waals surface area (Å²) in [6, 6.07) is 7.30. The number of carbonyl (C=O) groups excluding carboxylic acids is 4. The third kappa shape index (κ3) is 6.87. The van der Waals surface area contributed by atoms with Crippen molar-refractivity contribution in [3.8, 4) is 0 Å². The van der Waals surface area contributed by atoms with Crippen LogP contribution in [0.1, 0.15) is 41.5 Å². The van der Waals surface area contributed by atoms with Gasteiger partial charge in [0.05, 0.1) is 24.4 Å². The summed E-state index contributed by atoms with van der Waals surface area (Å²) in [4.78, 5) is 53.1. The predicted octanol–water partition coefficient (Wildman–Crippen LogP) is 2.91. The highest BCUT2D eigenvalue weighted by Gasteiger charge is 2.42. The van der Waals surface area contributed by atoms with Gasteiger partial charge in [-0.05, 0) is 65.8 Å². The maximum Gasteiger partial charge on any atom is 0.337 e. The molecule has 0 aliphatic carbocycles. The number of nitrogens with one attached hydrogen (secondary N) is 2. The molecule has 10 nitrogen and oxygen atoms in total. The number of hydrogen-bond donors (Lipinski definition) is 2. The van der Waals surface area contributed by atoms with Gasteiger partial charge in [0.2, 0.25) is 0 Å². The third-order valence-electron chi connectivity index (χ3n) is 5.61. The molecule has 0 aromatic heterocycles. The Morgan fingerprint density at radius 3 is 1.78 bits per heavy atom. The molecule has 36 heavy (non-hydrogen) atoms. The van der Waals surface area contributed by atoms with Crippen molar-refractivity contribution < 1.29 is 33.4 Å². The van der Waals surface area contributed by atoms with Crippen LogP contribution in [0, 0.1) is 5.92 Å². The Bertz CT molecular complexity index is 1000. The van der Waals surface area contributed by atoms with E-state index in [-0.39, 0.29) is 24.4 Å². The van der Waals surface area contributed by atoms with Crippen molar-refractivity contribution >= 4 is 35.2 Å². The summed E-state index contributed by atoms with van der Waals surface area (Å²) in [7, 11) is 0. The second kappa shape index (κ2) is 13.3. The van der Waals surface area contributed by atoms with Crippen molar-refractivity contribution in [3.05, 3.63) is 46.8 Å². The molecule has 1 heterocycles. The SMILES string of the molecule is CCOC(=O)C1=C(C)NC(C)=C(C(=O)OCC)C1C(=O)OCC(=O)Nc1ccc(N(CC)CC)cc1. The second-order valence-corrected chi connectivity index (χ2v) is 7.95. The van der Waals surface area contributed by atoms with Gasteiger partial charge < -0.3 is 29.7 Å². The topological polar surface area (TPSA) is 123 Å². The van der Waals surface area contributed by atoms with Crippen LogP contribution in [0.4, 0.5) is 11.4 Å². The van der Waals surface area contributed by atoms with Crippen molar-refractivity contribution in [1.29, 1.82) is 0 Å². The fourth-order valence-corrected chi connectivity index (χ4v) is 3.95. The Hall–Kier alpha value is -3.82. The zero-order valence-corrected chi connectivity index (χ0v) is 21.7. The number of dihydropyridines is 1. The van der Waals surface area contributed by atoms with Crippen molar-refractivity contribution in [3.63, 3.8) is 0 Å². The summed E-state index contributed by atoms with van der Waals surface area (Å²) in [5, 5.41) is 5.60. The number of ether oxygens (including phenoxy) is 3. The summed E-state index contributed by atoms with van der Waals surface area (Å²) in [6.45, 7) is 11.8. The first-order valence-corrected chi connectivity index (χ1v) is 12.0. The van der Waals surface area contributed by atoms with E-state index >= 15 is 0 Å². The maximum absolute atomic E-state index is 13.2. The molecule has 1 aliphatic rings. The van der Waals surface area contributed by atoms with Crippen molar-refractivity contribution in [2.24, 2.45) is 5.92 Å². The van der Waals surface area contributed by atoms with Gasteiger partial charge in [0, 0.05) is 35.9 Å². The first-order chi connectivity index (χ1) is 17.2. The Kier molecular flexibility index (Phi) is 10.5. The van der Waals surface area contributed by atoms with Crippen LogP contribution in [-0.2, 0) is 33.4 Å². The van der Waals surface area contributed by atoms with Crippen LogP contribution in [0.25, 0.3) is 0 Å². The number of rotatable bonds is 11. The molecule has 1 amide bonds. The highest BCUT2D eigenvalue weighted by molar-refractivity contribution is 6.06. The number of hydrogen-bond acceptors (Lipinski definition) is 9. The molecular formula is C26H35N3O7. The Morgan fingerprint density at radius 1 is 0.833 bits per heavy atom. The fraction of sp³-hybridized carbons (Fsp3) is 0.462. The van der Waals surface area contributed by atoms with E-state index in [1.54, 1.807) is 39.8 Å². The summed E-state index contributed by atoms with van der Waals surface area (Å²) < 4.78 is 15.5. The molecule has 10 heteroatoms. The Labute approximate surface area is 211 Å². The summed E-state index contributed by atoms with van der Waals surface area (Å²) >= 11 is 0. The zero-order valence-electron chi connectivity index (χ0n) is 21.7.